The Morgan fingerprint density at radius 1 is 1.44 bits per heavy atom. The van der Waals surface area contributed by atoms with Gasteiger partial charge in [0.25, 0.3) is 0 Å². The average molecular weight is 323 g/mol. The van der Waals surface area contributed by atoms with Crippen LogP contribution in [0.2, 0.25) is 0 Å². The highest BCUT2D eigenvalue weighted by atomic mass is 79.9. The molecule has 0 N–H and O–H groups in total. The quantitative estimate of drug-likeness (QED) is 0.871. The first-order chi connectivity index (χ1) is 8.58. The summed E-state index contributed by atoms with van der Waals surface area (Å²) in [6.45, 7) is 2.55. The number of rotatable bonds is 3. The molecule has 2 aromatic rings. The van der Waals surface area contributed by atoms with E-state index in [0.29, 0.717) is 11.5 Å². The predicted octanol–water partition coefficient (Wildman–Crippen LogP) is 3.12. The Hall–Kier alpha value is -1.45. The van der Waals surface area contributed by atoms with Crippen LogP contribution in [0.5, 0.6) is 0 Å². The molecule has 0 saturated heterocycles. The molecular weight excluding hydrogens is 312 g/mol. The van der Waals surface area contributed by atoms with E-state index in [-0.39, 0.29) is 0 Å². The molecule has 0 fully saturated rings. The van der Waals surface area contributed by atoms with Gasteiger partial charge in [0.15, 0.2) is 0 Å². The molecule has 0 unspecified atom stereocenters. The standard InChI is InChI=1S/C12H11BrN4S/c1-8-15-10(5-14)4-12(16-8)17(2)6-11-3-9(13)7-18-11/h3-4,7H,6H2,1-2H3. The largest absolute Gasteiger partial charge is 0.354 e. The Labute approximate surface area is 118 Å². The van der Waals surface area contributed by atoms with Crippen molar-refractivity contribution in [3.63, 3.8) is 0 Å². The van der Waals surface area contributed by atoms with Gasteiger partial charge >= 0.3 is 0 Å². The summed E-state index contributed by atoms with van der Waals surface area (Å²) in [4.78, 5) is 11.6. The van der Waals surface area contributed by atoms with Crippen LogP contribution >= 0.6 is 27.3 Å². The first-order valence-corrected chi connectivity index (χ1v) is 6.95. The van der Waals surface area contributed by atoms with Crippen LogP contribution in [-0.4, -0.2) is 17.0 Å². The van der Waals surface area contributed by atoms with Crippen molar-refractivity contribution in [1.29, 1.82) is 5.26 Å². The number of anilines is 1. The monoisotopic (exact) mass is 322 g/mol. The van der Waals surface area contributed by atoms with Crippen molar-refractivity contribution in [1.82, 2.24) is 9.97 Å². The number of thiophene rings is 1. The summed E-state index contributed by atoms with van der Waals surface area (Å²) in [7, 11) is 1.95. The van der Waals surface area contributed by atoms with Crippen LogP contribution in [0.1, 0.15) is 16.4 Å². The molecular formula is C12H11BrN4S. The summed E-state index contributed by atoms with van der Waals surface area (Å²) in [5.74, 6) is 1.38. The van der Waals surface area contributed by atoms with Crippen molar-refractivity contribution in [2.45, 2.75) is 13.5 Å². The lowest BCUT2D eigenvalue weighted by molar-refractivity contribution is 0.887. The normalized spacial score (nSPS) is 10.1. The fourth-order valence-corrected chi connectivity index (χ4v) is 3.06. The molecule has 92 valence electrons. The zero-order valence-electron chi connectivity index (χ0n) is 10.0. The van der Waals surface area contributed by atoms with Crippen molar-refractivity contribution in [3.8, 4) is 6.07 Å². The summed E-state index contributed by atoms with van der Waals surface area (Å²) in [5, 5.41) is 10.9. The number of nitrogens with zero attached hydrogens (tertiary/aromatic N) is 4. The Morgan fingerprint density at radius 3 is 2.83 bits per heavy atom. The average Bonchev–Trinajstić information content (AvgIpc) is 2.73. The SMILES string of the molecule is Cc1nc(C#N)cc(N(C)Cc2cc(Br)cs2)n1. The van der Waals surface area contributed by atoms with Crippen molar-refractivity contribution in [2.24, 2.45) is 0 Å². The summed E-state index contributed by atoms with van der Waals surface area (Å²) in [6.07, 6.45) is 0. The van der Waals surface area contributed by atoms with Crippen molar-refractivity contribution in [2.75, 3.05) is 11.9 Å². The van der Waals surface area contributed by atoms with Gasteiger partial charge in [-0.05, 0) is 28.9 Å². The third-order valence-corrected chi connectivity index (χ3v) is 4.03. The van der Waals surface area contributed by atoms with Crippen molar-refractivity contribution < 1.29 is 0 Å². The molecule has 0 aromatic carbocycles. The van der Waals surface area contributed by atoms with Gasteiger partial charge in [-0.3, -0.25) is 0 Å². The predicted molar refractivity (Wildman–Crippen MR) is 75.6 cm³/mol. The van der Waals surface area contributed by atoms with E-state index in [1.807, 2.05) is 18.0 Å². The lowest BCUT2D eigenvalue weighted by atomic mass is 10.3. The minimum Gasteiger partial charge on any atom is -0.354 e. The molecule has 2 rings (SSSR count). The fourth-order valence-electron chi connectivity index (χ4n) is 1.56. The highest BCUT2D eigenvalue weighted by Gasteiger charge is 2.08. The number of hydrogen-bond donors (Lipinski definition) is 0. The van der Waals surface area contributed by atoms with Crippen LogP contribution in [0.4, 0.5) is 5.82 Å². The molecule has 0 saturated carbocycles. The van der Waals surface area contributed by atoms with Gasteiger partial charge in [0.1, 0.15) is 23.4 Å². The van der Waals surface area contributed by atoms with E-state index >= 15 is 0 Å². The smallest absolute Gasteiger partial charge is 0.146 e. The Kier molecular flexibility index (Phi) is 3.94. The second kappa shape index (κ2) is 5.46. The number of aryl methyl sites for hydroxylation is 1. The van der Waals surface area contributed by atoms with Gasteiger partial charge in [-0.1, -0.05) is 0 Å². The molecule has 2 aromatic heterocycles. The molecule has 0 radical (unpaired) electrons. The Morgan fingerprint density at radius 2 is 2.22 bits per heavy atom. The molecule has 18 heavy (non-hydrogen) atoms. The minimum atomic E-state index is 0.400. The molecule has 6 heteroatoms. The number of hydrogen-bond acceptors (Lipinski definition) is 5. The highest BCUT2D eigenvalue weighted by Crippen LogP contribution is 2.22. The van der Waals surface area contributed by atoms with E-state index in [9.17, 15) is 0 Å². The maximum atomic E-state index is 8.90. The molecule has 0 bridgehead atoms. The van der Waals surface area contributed by atoms with E-state index in [4.69, 9.17) is 5.26 Å². The molecule has 0 atom stereocenters. The van der Waals surface area contributed by atoms with Crippen LogP contribution in [0.3, 0.4) is 0 Å². The third kappa shape index (κ3) is 3.06. The second-order valence-corrected chi connectivity index (χ2v) is 5.77. The third-order valence-electron chi connectivity index (χ3n) is 2.34. The Bertz CT molecular complexity index is 602. The number of halogens is 1. The van der Waals surface area contributed by atoms with Gasteiger partial charge in [0, 0.05) is 27.8 Å². The van der Waals surface area contributed by atoms with Gasteiger partial charge in [-0.25, -0.2) is 9.97 Å². The van der Waals surface area contributed by atoms with E-state index in [1.165, 1.54) is 4.88 Å². The van der Waals surface area contributed by atoms with E-state index in [2.05, 4.69) is 37.3 Å². The zero-order valence-corrected chi connectivity index (χ0v) is 12.4. The lowest BCUT2D eigenvalue weighted by Gasteiger charge is -2.17. The van der Waals surface area contributed by atoms with Crippen LogP contribution in [-0.2, 0) is 6.54 Å². The van der Waals surface area contributed by atoms with Crippen molar-refractivity contribution >= 4 is 33.1 Å². The summed E-state index contributed by atoms with van der Waals surface area (Å²) in [5.41, 5.74) is 0.400. The molecule has 4 nitrogen and oxygen atoms in total. The zero-order chi connectivity index (χ0) is 13.1. The molecule has 0 aliphatic rings. The maximum absolute atomic E-state index is 8.90. The van der Waals surface area contributed by atoms with Crippen LogP contribution in [0.15, 0.2) is 22.0 Å². The second-order valence-electron chi connectivity index (χ2n) is 3.86. The number of aromatic nitrogens is 2. The topological polar surface area (TPSA) is 52.8 Å². The van der Waals surface area contributed by atoms with Crippen molar-refractivity contribution in [3.05, 3.63) is 38.4 Å². The van der Waals surface area contributed by atoms with Crippen LogP contribution in [0, 0.1) is 18.3 Å². The van der Waals surface area contributed by atoms with Gasteiger partial charge in [-0.2, -0.15) is 5.26 Å². The highest BCUT2D eigenvalue weighted by molar-refractivity contribution is 9.10. The van der Waals surface area contributed by atoms with E-state index in [1.54, 1.807) is 24.3 Å². The summed E-state index contributed by atoms with van der Waals surface area (Å²) < 4.78 is 1.09. The van der Waals surface area contributed by atoms with Gasteiger partial charge < -0.3 is 4.90 Å². The van der Waals surface area contributed by atoms with Crippen LogP contribution in [0.25, 0.3) is 0 Å². The van der Waals surface area contributed by atoms with E-state index in [0.717, 1.165) is 16.8 Å². The maximum Gasteiger partial charge on any atom is 0.146 e. The minimum absolute atomic E-state index is 0.400. The molecule has 0 aliphatic carbocycles. The molecule has 2 heterocycles. The lowest BCUT2D eigenvalue weighted by Crippen LogP contribution is -2.18. The van der Waals surface area contributed by atoms with E-state index < -0.39 is 0 Å². The number of nitriles is 1. The van der Waals surface area contributed by atoms with Gasteiger partial charge in [0.2, 0.25) is 0 Å². The van der Waals surface area contributed by atoms with Crippen LogP contribution < -0.4 is 4.90 Å². The summed E-state index contributed by atoms with van der Waals surface area (Å²) >= 11 is 5.13. The Balaban J connectivity index is 2.21. The van der Waals surface area contributed by atoms with Gasteiger partial charge in [0.05, 0.1) is 6.54 Å². The first-order valence-electron chi connectivity index (χ1n) is 5.28. The fraction of sp³-hybridized carbons (Fsp3) is 0.250. The van der Waals surface area contributed by atoms with Gasteiger partial charge in [-0.15, -0.1) is 11.3 Å². The molecule has 0 spiro atoms. The molecule has 0 amide bonds. The summed E-state index contributed by atoms with van der Waals surface area (Å²) in [6, 6.07) is 5.84. The first kappa shape index (κ1) is 13.0. The molecule has 0 aliphatic heterocycles.